The van der Waals surface area contributed by atoms with Crippen LogP contribution in [0.5, 0.6) is 0 Å². The molecule has 0 N–H and O–H groups in total. The van der Waals surface area contributed by atoms with Crippen molar-refractivity contribution in [2.75, 3.05) is 11.9 Å². The fourth-order valence-electron chi connectivity index (χ4n) is 1.58. The van der Waals surface area contributed by atoms with Crippen LogP contribution >= 0.6 is 34.8 Å². The van der Waals surface area contributed by atoms with Gasteiger partial charge >= 0.3 is 0 Å². The van der Waals surface area contributed by atoms with Crippen LogP contribution in [0.4, 0.5) is 5.82 Å². The lowest BCUT2D eigenvalue weighted by Gasteiger charge is -2.18. The molecule has 0 spiro atoms. The molecule has 2 heterocycles. The fourth-order valence-corrected chi connectivity index (χ4v) is 2.22. The number of halogens is 3. The SMILES string of the molecule is Cc1ccc(CN(C)c2nc(Cl)c(Cl)cc2Cl)o1. The van der Waals surface area contributed by atoms with Gasteiger partial charge in [0.2, 0.25) is 0 Å². The first-order valence-corrected chi connectivity index (χ1v) is 6.38. The Morgan fingerprint density at radius 3 is 2.56 bits per heavy atom. The molecule has 0 aliphatic carbocycles. The molecule has 0 atom stereocenters. The molecule has 0 aromatic carbocycles. The van der Waals surface area contributed by atoms with E-state index in [9.17, 15) is 0 Å². The Balaban J connectivity index is 2.23. The molecule has 2 aromatic rings. The normalized spacial score (nSPS) is 10.7. The van der Waals surface area contributed by atoms with Crippen LogP contribution in [0.1, 0.15) is 11.5 Å². The Morgan fingerprint density at radius 2 is 1.94 bits per heavy atom. The van der Waals surface area contributed by atoms with Crippen LogP contribution < -0.4 is 4.90 Å². The third-order valence-corrected chi connectivity index (χ3v) is 3.37. The van der Waals surface area contributed by atoms with Crippen molar-refractivity contribution in [2.45, 2.75) is 13.5 Å². The Morgan fingerprint density at radius 1 is 1.22 bits per heavy atom. The van der Waals surface area contributed by atoms with E-state index in [0.717, 1.165) is 11.5 Å². The Bertz CT molecular complexity index is 568. The van der Waals surface area contributed by atoms with Crippen molar-refractivity contribution in [3.8, 4) is 0 Å². The van der Waals surface area contributed by atoms with Gasteiger partial charge in [0.25, 0.3) is 0 Å². The van der Waals surface area contributed by atoms with Crippen LogP contribution in [0.25, 0.3) is 0 Å². The number of nitrogens with zero attached hydrogens (tertiary/aromatic N) is 2. The summed E-state index contributed by atoms with van der Waals surface area (Å²) in [6.45, 7) is 2.45. The van der Waals surface area contributed by atoms with Crippen LogP contribution in [0.3, 0.4) is 0 Å². The maximum Gasteiger partial charge on any atom is 0.150 e. The zero-order chi connectivity index (χ0) is 13.3. The molecular formula is C12H11Cl3N2O. The molecule has 2 rings (SSSR count). The van der Waals surface area contributed by atoms with Crippen LogP contribution in [0.15, 0.2) is 22.6 Å². The zero-order valence-corrected chi connectivity index (χ0v) is 12.1. The van der Waals surface area contributed by atoms with Crippen LogP contribution in [0.2, 0.25) is 15.2 Å². The smallest absolute Gasteiger partial charge is 0.150 e. The minimum atomic E-state index is 0.235. The van der Waals surface area contributed by atoms with E-state index in [2.05, 4.69) is 4.98 Å². The molecule has 3 nitrogen and oxygen atoms in total. The third-order valence-electron chi connectivity index (χ3n) is 2.42. The molecule has 6 heteroatoms. The molecular weight excluding hydrogens is 295 g/mol. The quantitative estimate of drug-likeness (QED) is 0.777. The topological polar surface area (TPSA) is 29.3 Å². The van der Waals surface area contributed by atoms with Gasteiger partial charge in [-0.15, -0.1) is 0 Å². The van der Waals surface area contributed by atoms with E-state index in [-0.39, 0.29) is 5.15 Å². The summed E-state index contributed by atoms with van der Waals surface area (Å²) < 4.78 is 5.50. The van der Waals surface area contributed by atoms with Gasteiger partial charge in [-0.2, -0.15) is 0 Å². The molecule has 0 amide bonds. The van der Waals surface area contributed by atoms with Gasteiger partial charge < -0.3 is 9.32 Å². The van der Waals surface area contributed by atoms with Gasteiger partial charge in [0, 0.05) is 7.05 Å². The van der Waals surface area contributed by atoms with Crippen molar-refractivity contribution in [1.82, 2.24) is 4.98 Å². The number of pyridine rings is 1. The van der Waals surface area contributed by atoms with E-state index >= 15 is 0 Å². The van der Waals surface area contributed by atoms with Crippen molar-refractivity contribution < 1.29 is 4.42 Å². The highest BCUT2D eigenvalue weighted by Gasteiger charge is 2.13. The van der Waals surface area contributed by atoms with E-state index in [1.165, 1.54) is 0 Å². The zero-order valence-electron chi connectivity index (χ0n) is 9.88. The van der Waals surface area contributed by atoms with E-state index < -0.39 is 0 Å². The minimum absolute atomic E-state index is 0.235. The number of hydrogen-bond acceptors (Lipinski definition) is 3. The highest BCUT2D eigenvalue weighted by molar-refractivity contribution is 6.42. The minimum Gasteiger partial charge on any atom is -0.464 e. The molecule has 0 aliphatic rings. The van der Waals surface area contributed by atoms with Gasteiger partial charge in [-0.3, -0.25) is 0 Å². The summed E-state index contributed by atoms with van der Waals surface area (Å²) in [5.41, 5.74) is 0. The first-order valence-electron chi connectivity index (χ1n) is 5.25. The first kappa shape index (κ1) is 13.5. The lowest BCUT2D eigenvalue weighted by Crippen LogP contribution is -2.17. The third kappa shape index (κ3) is 2.91. The number of aromatic nitrogens is 1. The van der Waals surface area contributed by atoms with E-state index in [4.69, 9.17) is 39.2 Å². The lowest BCUT2D eigenvalue weighted by molar-refractivity contribution is 0.481. The van der Waals surface area contributed by atoms with Gasteiger partial charge in [0.1, 0.15) is 22.5 Å². The van der Waals surface area contributed by atoms with Crippen molar-refractivity contribution in [2.24, 2.45) is 0 Å². The summed E-state index contributed by atoms with van der Waals surface area (Å²) >= 11 is 17.8. The molecule has 0 fully saturated rings. The van der Waals surface area contributed by atoms with Gasteiger partial charge in [-0.25, -0.2) is 4.98 Å². The largest absolute Gasteiger partial charge is 0.464 e. The standard InChI is InChI=1S/C12H11Cl3N2O/c1-7-3-4-8(18-7)6-17(2)12-10(14)5-9(13)11(15)16-12/h3-5H,6H2,1-2H3. The number of hydrogen-bond donors (Lipinski definition) is 0. The average molecular weight is 306 g/mol. The van der Waals surface area contributed by atoms with Crippen LogP contribution in [-0.4, -0.2) is 12.0 Å². The predicted molar refractivity (Wildman–Crippen MR) is 74.8 cm³/mol. The Kier molecular flexibility index (Phi) is 4.05. The second-order valence-corrected chi connectivity index (χ2v) is 5.11. The summed E-state index contributed by atoms with van der Waals surface area (Å²) in [5.74, 6) is 2.27. The summed E-state index contributed by atoms with van der Waals surface area (Å²) in [7, 11) is 1.86. The van der Waals surface area contributed by atoms with Crippen molar-refractivity contribution in [1.29, 1.82) is 0 Å². The average Bonchev–Trinajstić information content (AvgIpc) is 2.69. The van der Waals surface area contributed by atoms with Crippen LogP contribution in [-0.2, 0) is 6.54 Å². The van der Waals surface area contributed by atoms with Gasteiger partial charge in [0.05, 0.1) is 16.6 Å². The number of rotatable bonds is 3. The highest BCUT2D eigenvalue weighted by atomic mass is 35.5. The van der Waals surface area contributed by atoms with E-state index in [1.807, 2.05) is 31.0 Å². The molecule has 96 valence electrons. The van der Waals surface area contributed by atoms with Crippen molar-refractivity contribution in [3.05, 3.63) is 44.9 Å². The van der Waals surface area contributed by atoms with Crippen LogP contribution in [0, 0.1) is 6.92 Å². The second-order valence-electron chi connectivity index (χ2n) is 3.93. The predicted octanol–water partition coefficient (Wildman–Crippen LogP) is 4.58. The Labute approximate surface area is 120 Å². The second kappa shape index (κ2) is 5.39. The molecule has 0 saturated heterocycles. The van der Waals surface area contributed by atoms with Crippen molar-refractivity contribution in [3.63, 3.8) is 0 Å². The highest BCUT2D eigenvalue weighted by Crippen LogP contribution is 2.31. The maximum absolute atomic E-state index is 6.09. The van der Waals surface area contributed by atoms with Crippen molar-refractivity contribution >= 4 is 40.6 Å². The van der Waals surface area contributed by atoms with E-state index in [1.54, 1.807) is 6.07 Å². The first-order chi connectivity index (χ1) is 8.47. The Hall–Kier alpha value is -0.900. The summed E-state index contributed by atoms with van der Waals surface area (Å²) in [5, 5.41) is 1.03. The molecule has 0 saturated carbocycles. The molecule has 0 aliphatic heterocycles. The maximum atomic E-state index is 6.09. The molecule has 0 unspecified atom stereocenters. The lowest BCUT2D eigenvalue weighted by atomic mass is 10.4. The molecule has 0 radical (unpaired) electrons. The van der Waals surface area contributed by atoms with Gasteiger partial charge in [-0.05, 0) is 25.1 Å². The van der Waals surface area contributed by atoms with E-state index in [0.29, 0.717) is 22.4 Å². The summed E-state index contributed by atoms with van der Waals surface area (Å²) in [6.07, 6.45) is 0. The van der Waals surface area contributed by atoms with Gasteiger partial charge in [-0.1, -0.05) is 34.8 Å². The number of furan rings is 1. The molecule has 18 heavy (non-hydrogen) atoms. The molecule has 0 bridgehead atoms. The summed E-state index contributed by atoms with van der Waals surface area (Å²) in [4.78, 5) is 6.01. The fraction of sp³-hybridized carbons (Fsp3) is 0.250. The number of aryl methyl sites for hydroxylation is 1. The summed E-state index contributed by atoms with van der Waals surface area (Å²) in [6, 6.07) is 5.40. The molecule has 2 aromatic heterocycles. The number of anilines is 1. The van der Waals surface area contributed by atoms with Gasteiger partial charge in [0.15, 0.2) is 0 Å². The monoisotopic (exact) mass is 304 g/mol.